The van der Waals surface area contributed by atoms with Crippen LogP contribution in [0.3, 0.4) is 0 Å². The number of pyridine rings is 1. The van der Waals surface area contributed by atoms with Crippen LogP contribution >= 0.6 is 11.6 Å². The Labute approximate surface area is 188 Å². The van der Waals surface area contributed by atoms with Crippen molar-refractivity contribution in [3.63, 3.8) is 0 Å². The summed E-state index contributed by atoms with van der Waals surface area (Å²) in [6, 6.07) is 11.7. The molecule has 0 unspecified atom stereocenters. The summed E-state index contributed by atoms with van der Waals surface area (Å²) in [5.41, 5.74) is -1.41. The number of hydrogen-bond acceptors (Lipinski definition) is 3. The lowest BCUT2D eigenvalue weighted by atomic mass is 10.0. The molecule has 1 N–H and O–H groups in total. The Balaban J connectivity index is 1.70. The summed E-state index contributed by atoms with van der Waals surface area (Å²) in [6.07, 6.45) is -2.53. The minimum atomic E-state index is -4.76. The van der Waals surface area contributed by atoms with Crippen LogP contribution in [0.1, 0.15) is 16.1 Å². The monoisotopic (exact) mass is 478 g/mol. The van der Waals surface area contributed by atoms with Gasteiger partial charge in [0.2, 0.25) is 0 Å². The molecule has 4 rings (SSSR count). The van der Waals surface area contributed by atoms with E-state index in [2.05, 4.69) is 15.4 Å². The van der Waals surface area contributed by atoms with Gasteiger partial charge in [0.1, 0.15) is 10.8 Å². The third-order valence-corrected chi connectivity index (χ3v) is 4.92. The minimum absolute atomic E-state index is 0.0219. The van der Waals surface area contributed by atoms with Crippen molar-refractivity contribution in [2.24, 2.45) is 0 Å². The standard InChI is InChI=1S/C22H12ClF5N4O/c23-20-14(5-3-8-29-20)21(33)30-17-6-2-1-4-13(17)12-10-15(24)19(16(25)11-12)32-9-7-18(31-32)22(26,27)28/h1-11H,(H,30,33). The van der Waals surface area contributed by atoms with Crippen LogP contribution < -0.4 is 5.32 Å². The van der Waals surface area contributed by atoms with E-state index in [1.807, 2.05) is 0 Å². The molecule has 0 radical (unpaired) electrons. The topological polar surface area (TPSA) is 59.8 Å². The van der Waals surface area contributed by atoms with E-state index in [-0.39, 0.29) is 27.5 Å². The molecule has 5 nitrogen and oxygen atoms in total. The van der Waals surface area contributed by atoms with Crippen molar-refractivity contribution in [1.82, 2.24) is 14.8 Å². The van der Waals surface area contributed by atoms with Crippen LogP contribution in [0.2, 0.25) is 5.15 Å². The first-order valence-electron chi connectivity index (χ1n) is 9.28. The Morgan fingerprint density at radius 2 is 1.70 bits per heavy atom. The molecule has 0 bridgehead atoms. The van der Waals surface area contributed by atoms with Gasteiger partial charge in [0.05, 0.1) is 5.56 Å². The molecule has 1 amide bonds. The highest BCUT2D eigenvalue weighted by molar-refractivity contribution is 6.33. The maximum Gasteiger partial charge on any atom is 0.435 e. The van der Waals surface area contributed by atoms with Crippen molar-refractivity contribution in [3.8, 4) is 16.8 Å². The summed E-state index contributed by atoms with van der Waals surface area (Å²) < 4.78 is 68.5. The average molecular weight is 479 g/mol. The predicted octanol–water partition coefficient (Wildman–Crippen LogP) is 6.14. The predicted molar refractivity (Wildman–Crippen MR) is 111 cm³/mol. The van der Waals surface area contributed by atoms with Gasteiger partial charge >= 0.3 is 6.18 Å². The van der Waals surface area contributed by atoms with Gasteiger partial charge in [-0.15, -0.1) is 0 Å². The van der Waals surface area contributed by atoms with Crippen LogP contribution in [0.15, 0.2) is 67.0 Å². The SMILES string of the molecule is O=C(Nc1ccccc1-c1cc(F)c(-n2ccc(C(F)(F)F)n2)c(F)c1)c1cccnc1Cl. The first kappa shape index (κ1) is 22.4. The van der Waals surface area contributed by atoms with Gasteiger partial charge < -0.3 is 5.32 Å². The van der Waals surface area contributed by atoms with E-state index in [1.54, 1.807) is 12.1 Å². The van der Waals surface area contributed by atoms with Crippen molar-refractivity contribution in [1.29, 1.82) is 0 Å². The number of aromatic nitrogens is 3. The quantitative estimate of drug-likeness (QED) is 0.283. The Hall–Kier alpha value is -3.79. The highest BCUT2D eigenvalue weighted by Crippen LogP contribution is 2.33. The minimum Gasteiger partial charge on any atom is -0.321 e. The lowest BCUT2D eigenvalue weighted by molar-refractivity contribution is -0.141. The molecule has 0 aliphatic rings. The number of halogens is 6. The fraction of sp³-hybridized carbons (Fsp3) is 0.0455. The summed E-state index contributed by atoms with van der Waals surface area (Å²) in [4.78, 5) is 16.4. The zero-order chi connectivity index (χ0) is 23.8. The van der Waals surface area contributed by atoms with Crippen LogP contribution in [0.5, 0.6) is 0 Å². The maximum atomic E-state index is 14.8. The van der Waals surface area contributed by atoms with Crippen molar-refractivity contribution in [2.45, 2.75) is 6.18 Å². The number of hydrogen-bond donors (Lipinski definition) is 1. The summed E-state index contributed by atoms with van der Waals surface area (Å²) in [7, 11) is 0. The molecule has 0 saturated carbocycles. The molecule has 0 fully saturated rings. The summed E-state index contributed by atoms with van der Waals surface area (Å²) in [5, 5.41) is 5.81. The van der Waals surface area contributed by atoms with E-state index in [0.717, 1.165) is 18.3 Å². The molecule has 2 heterocycles. The number of nitrogens with zero attached hydrogens (tertiary/aromatic N) is 3. The third kappa shape index (κ3) is 4.56. The summed E-state index contributed by atoms with van der Waals surface area (Å²) in [5.74, 6) is -2.87. The van der Waals surface area contributed by atoms with Gasteiger partial charge in [-0.2, -0.15) is 18.3 Å². The number of carbonyl (C=O) groups is 1. The fourth-order valence-electron chi connectivity index (χ4n) is 3.13. The zero-order valence-corrected chi connectivity index (χ0v) is 17.1. The Bertz CT molecular complexity index is 1330. The highest BCUT2D eigenvalue weighted by atomic mass is 35.5. The van der Waals surface area contributed by atoms with Crippen molar-refractivity contribution in [3.05, 3.63) is 95.0 Å². The zero-order valence-electron chi connectivity index (χ0n) is 16.4. The van der Waals surface area contributed by atoms with E-state index in [9.17, 15) is 26.7 Å². The number of amides is 1. The lowest BCUT2D eigenvalue weighted by Gasteiger charge is -2.13. The van der Waals surface area contributed by atoms with Crippen molar-refractivity contribution < 1.29 is 26.7 Å². The van der Waals surface area contributed by atoms with Gasteiger partial charge in [-0.3, -0.25) is 4.79 Å². The van der Waals surface area contributed by atoms with Crippen molar-refractivity contribution in [2.75, 3.05) is 5.32 Å². The second-order valence-electron chi connectivity index (χ2n) is 6.77. The Morgan fingerprint density at radius 3 is 2.33 bits per heavy atom. The molecular weight excluding hydrogens is 467 g/mol. The number of rotatable bonds is 4. The molecule has 2 aromatic heterocycles. The van der Waals surface area contributed by atoms with Gasteiger partial charge in [0.15, 0.2) is 17.3 Å². The number of nitrogens with one attached hydrogen (secondary N) is 1. The van der Waals surface area contributed by atoms with E-state index in [4.69, 9.17) is 11.6 Å². The molecule has 11 heteroatoms. The second-order valence-corrected chi connectivity index (χ2v) is 7.13. The van der Waals surface area contributed by atoms with Gasteiger partial charge in [0, 0.05) is 23.6 Å². The highest BCUT2D eigenvalue weighted by Gasteiger charge is 2.34. The van der Waals surface area contributed by atoms with Gasteiger partial charge in [-0.25, -0.2) is 18.4 Å². The van der Waals surface area contributed by atoms with Crippen LogP contribution in [0.25, 0.3) is 16.8 Å². The molecule has 33 heavy (non-hydrogen) atoms. The molecular formula is C22H12ClF5N4O. The Kier molecular flexibility index (Phi) is 5.86. The van der Waals surface area contributed by atoms with Crippen LogP contribution in [-0.2, 0) is 6.18 Å². The second kappa shape index (κ2) is 8.62. The molecule has 0 atom stereocenters. The van der Waals surface area contributed by atoms with Gasteiger partial charge in [0.25, 0.3) is 5.91 Å². The van der Waals surface area contributed by atoms with Crippen LogP contribution in [0.4, 0.5) is 27.6 Å². The van der Waals surface area contributed by atoms with Crippen LogP contribution in [-0.4, -0.2) is 20.7 Å². The number of alkyl halides is 3. The van der Waals surface area contributed by atoms with E-state index in [0.29, 0.717) is 10.7 Å². The maximum absolute atomic E-state index is 14.8. The molecule has 0 saturated heterocycles. The molecule has 0 spiro atoms. The van der Waals surface area contributed by atoms with Crippen LogP contribution in [0, 0.1) is 11.6 Å². The summed E-state index contributed by atoms with van der Waals surface area (Å²) >= 11 is 5.94. The van der Waals surface area contributed by atoms with Gasteiger partial charge in [-0.1, -0.05) is 29.8 Å². The molecule has 4 aromatic rings. The number of anilines is 1. The first-order chi connectivity index (χ1) is 15.6. The largest absolute Gasteiger partial charge is 0.435 e. The van der Waals surface area contributed by atoms with E-state index in [1.165, 1.54) is 30.5 Å². The molecule has 0 aliphatic heterocycles. The fourth-order valence-corrected chi connectivity index (χ4v) is 3.33. The van der Waals surface area contributed by atoms with Gasteiger partial charge in [-0.05, 0) is 42.0 Å². The molecule has 2 aromatic carbocycles. The number of benzene rings is 2. The smallest absolute Gasteiger partial charge is 0.321 e. The van der Waals surface area contributed by atoms with E-state index >= 15 is 0 Å². The third-order valence-electron chi connectivity index (χ3n) is 4.62. The first-order valence-corrected chi connectivity index (χ1v) is 9.66. The molecule has 168 valence electrons. The molecule has 0 aliphatic carbocycles. The van der Waals surface area contributed by atoms with Crippen molar-refractivity contribution >= 4 is 23.2 Å². The lowest BCUT2D eigenvalue weighted by Crippen LogP contribution is -2.13. The normalized spacial score (nSPS) is 11.5. The summed E-state index contributed by atoms with van der Waals surface area (Å²) in [6.45, 7) is 0. The number of carbonyl (C=O) groups excluding carboxylic acids is 1. The average Bonchev–Trinajstić information content (AvgIpc) is 3.24. The number of para-hydroxylation sites is 1. The Morgan fingerprint density at radius 1 is 1.00 bits per heavy atom. The van der Waals surface area contributed by atoms with E-state index < -0.39 is 35.1 Å².